The van der Waals surface area contributed by atoms with Gasteiger partial charge in [-0.1, -0.05) is 252 Å². The summed E-state index contributed by atoms with van der Waals surface area (Å²) in [6.07, 6.45) is 47.9. The van der Waals surface area contributed by atoms with Crippen molar-refractivity contribution in [2.24, 2.45) is 5.92 Å². The van der Waals surface area contributed by atoms with Crippen LogP contribution < -0.4 is 0 Å². The molecule has 0 fully saturated rings. The molecular formula is C52H100O6. The minimum Gasteiger partial charge on any atom is -0.462 e. The topological polar surface area (TPSA) is 78.9 Å². The Morgan fingerprint density at radius 2 is 0.603 bits per heavy atom. The molecule has 0 heterocycles. The lowest BCUT2D eigenvalue weighted by atomic mass is 9.99. The molecule has 0 bridgehead atoms. The van der Waals surface area contributed by atoms with Crippen LogP contribution in [0.3, 0.4) is 0 Å². The maximum atomic E-state index is 12.8. The fourth-order valence-corrected chi connectivity index (χ4v) is 7.83. The molecule has 6 nitrogen and oxygen atoms in total. The van der Waals surface area contributed by atoms with Crippen LogP contribution in [0, 0.1) is 5.92 Å². The van der Waals surface area contributed by atoms with E-state index in [4.69, 9.17) is 14.2 Å². The quantitative estimate of drug-likeness (QED) is 0.0346. The van der Waals surface area contributed by atoms with E-state index in [1.54, 1.807) is 0 Å². The van der Waals surface area contributed by atoms with Crippen molar-refractivity contribution in [2.45, 2.75) is 297 Å². The van der Waals surface area contributed by atoms with Crippen LogP contribution >= 0.6 is 0 Å². The zero-order valence-electron chi connectivity index (χ0n) is 39.5. The monoisotopic (exact) mass is 821 g/mol. The van der Waals surface area contributed by atoms with Gasteiger partial charge in [-0.2, -0.15) is 0 Å². The van der Waals surface area contributed by atoms with Crippen LogP contribution in [0.2, 0.25) is 0 Å². The van der Waals surface area contributed by atoms with Crippen LogP contribution in [0.1, 0.15) is 291 Å². The number of esters is 3. The van der Waals surface area contributed by atoms with E-state index in [0.29, 0.717) is 19.3 Å². The van der Waals surface area contributed by atoms with Crippen molar-refractivity contribution in [2.75, 3.05) is 13.2 Å². The molecule has 0 rings (SSSR count). The SMILES string of the molecule is CCCCCCCCCCCCCCCCCCC(=O)O[C@H](COC(=O)CCCCCCCCCCCCCC)COC(=O)CCCCCCCCCCC(C)CC. The van der Waals surface area contributed by atoms with Gasteiger partial charge in [0.2, 0.25) is 0 Å². The summed E-state index contributed by atoms with van der Waals surface area (Å²) in [4.78, 5) is 37.9. The Morgan fingerprint density at radius 1 is 0.345 bits per heavy atom. The molecule has 0 spiro atoms. The van der Waals surface area contributed by atoms with Gasteiger partial charge < -0.3 is 14.2 Å². The summed E-state index contributed by atoms with van der Waals surface area (Å²) in [5.41, 5.74) is 0. The second-order valence-electron chi connectivity index (χ2n) is 18.1. The minimum absolute atomic E-state index is 0.0631. The average molecular weight is 821 g/mol. The molecule has 0 N–H and O–H groups in total. The summed E-state index contributed by atoms with van der Waals surface area (Å²) in [5, 5.41) is 0. The molecule has 0 aliphatic heterocycles. The van der Waals surface area contributed by atoms with E-state index < -0.39 is 6.10 Å². The number of carbonyl (C=O) groups is 3. The lowest BCUT2D eigenvalue weighted by Crippen LogP contribution is -2.30. The first-order valence-electron chi connectivity index (χ1n) is 25.9. The Bertz CT molecular complexity index is 874. The van der Waals surface area contributed by atoms with Gasteiger partial charge in [0.25, 0.3) is 0 Å². The molecule has 0 aromatic heterocycles. The molecule has 0 aromatic carbocycles. The van der Waals surface area contributed by atoms with Crippen molar-refractivity contribution >= 4 is 17.9 Å². The standard InChI is InChI=1S/C52H100O6/c1-5-8-10-12-14-16-18-20-21-22-23-25-27-33-37-41-45-52(55)58-49(46-56-50(53)43-39-35-31-26-24-19-17-15-13-11-9-6-2)47-57-51(54)44-40-36-32-29-28-30-34-38-42-48(4)7-3/h48-49H,5-47H2,1-4H3/t48?,49-/m1/s1. The van der Waals surface area contributed by atoms with Crippen molar-refractivity contribution in [3.05, 3.63) is 0 Å². The highest BCUT2D eigenvalue weighted by molar-refractivity contribution is 5.71. The van der Waals surface area contributed by atoms with Crippen LogP contribution in [-0.4, -0.2) is 37.2 Å². The molecule has 0 aromatic rings. The van der Waals surface area contributed by atoms with Gasteiger partial charge in [0.05, 0.1) is 0 Å². The van der Waals surface area contributed by atoms with Gasteiger partial charge in [0.15, 0.2) is 6.10 Å². The van der Waals surface area contributed by atoms with Gasteiger partial charge >= 0.3 is 17.9 Å². The molecule has 0 radical (unpaired) electrons. The van der Waals surface area contributed by atoms with Crippen LogP contribution in [0.4, 0.5) is 0 Å². The summed E-state index contributed by atoms with van der Waals surface area (Å²) in [7, 11) is 0. The predicted molar refractivity (Wildman–Crippen MR) is 247 cm³/mol. The third-order valence-electron chi connectivity index (χ3n) is 12.2. The van der Waals surface area contributed by atoms with Crippen molar-refractivity contribution in [1.29, 1.82) is 0 Å². The van der Waals surface area contributed by atoms with E-state index >= 15 is 0 Å². The molecule has 2 atom stereocenters. The fraction of sp³-hybridized carbons (Fsp3) is 0.942. The molecular weight excluding hydrogens is 721 g/mol. The average Bonchev–Trinajstić information content (AvgIpc) is 3.22. The third kappa shape index (κ3) is 44.0. The Morgan fingerprint density at radius 3 is 0.897 bits per heavy atom. The molecule has 0 aliphatic carbocycles. The Hall–Kier alpha value is -1.59. The zero-order valence-corrected chi connectivity index (χ0v) is 39.5. The first kappa shape index (κ1) is 56.4. The van der Waals surface area contributed by atoms with E-state index in [1.807, 2.05) is 0 Å². The molecule has 0 saturated heterocycles. The van der Waals surface area contributed by atoms with Crippen LogP contribution in [0.15, 0.2) is 0 Å². The Labute approximate surface area is 361 Å². The molecule has 344 valence electrons. The normalized spacial score (nSPS) is 12.4. The highest BCUT2D eigenvalue weighted by atomic mass is 16.6. The summed E-state index contributed by atoms with van der Waals surface area (Å²) in [6.45, 7) is 9.03. The van der Waals surface area contributed by atoms with Crippen LogP contribution in [0.25, 0.3) is 0 Å². The Balaban J connectivity index is 4.31. The largest absolute Gasteiger partial charge is 0.462 e. The molecule has 6 heteroatoms. The maximum absolute atomic E-state index is 12.8. The van der Waals surface area contributed by atoms with Gasteiger partial charge in [-0.15, -0.1) is 0 Å². The van der Waals surface area contributed by atoms with E-state index in [1.165, 1.54) is 186 Å². The molecule has 0 amide bonds. The highest BCUT2D eigenvalue weighted by Gasteiger charge is 2.19. The van der Waals surface area contributed by atoms with E-state index in [9.17, 15) is 14.4 Å². The minimum atomic E-state index is -0.760. The van der Waals surface area contributed by atoms with Gasteiger partial charge in [0, 0.05) is 19.3 Å². The van der Waals surface area contributed by atoms with E-state index in [0.717, 1.165) is 63.7 Å². The molecule has 1 unspecified atom stereocenters. The van der Waals surface area contributed by atoms with Gasteiger partial charge in [0.1, 0.15) is 13.2 Å². The molecule has 58 heavy (non-hydrogen) atoms. The van der Waals surface area contributed by atoms with Crippen molar-refractivity contribution < 1.29 is 28.6 Å². The number of unbranched alkanes of at least 4 members (excludes halogenated alkanes) is 33. The number of ether oxygens (including phenoxy) is 3. The van der Waals surface area contributed by atoms with Crippen molar-refractivity contribution in [1.82, 2.24) is 0 Å². The predicted octanol–water partition coefficient (Wildman–Crippen LogP) is 16.7. The fourth-order valence-electron chi connectivity index (χ4n) is 7.83. The van der Waals surface area contributed by atoms with Crippen molar-refractivity contribution in [3.63, 3.8) is 0 Å². The maximum Gasteiger partial charge on any atom is 0.306 e. The lowest BCUT2D eigenvalue weighted by molar-refractivity contribution is -0.167. The number of carbonyl (C=O) groups excluding carboxylic acids is 3. The van der Waals surface area contributed by atoms with E-state index in [-0.39, 0.29) is 31.1 Å². The van der Waals surface area contributed by atoms with E-state index in [2.05, 4.69) is 27.7 Å². The summed E-state index contributed by atoms with van der Waals surface area (Å²) in [5.74, 6) is 0.00218. The molecule has 0 saturated carbocycles. The summed E-state index contributed by atoms with van der Waals surface area (Å²) in [6, 6.07) is 0. The second kappa shape index (κ2) is 46.5. The van der Waals surface area contributed by atoms with Crippen LogP contribution in [0.5, 0.6) is 0 Å². The van der Waals surface area contributed by atoms with Gasteiger partial charge in [-0.05, 0) is 25.2 Å². The third-order valence-corrected chi connectivity index (χ3v) is 12.2. The molecule has 0 aliphatic rings. The first-order valence-corrected chi connectivity index (χ1v) is 25.9. The zero-order chi connectivity index (χ0) is 42.4. The number of rotatable bonds is 47. The number of hydrogen-bond donors (Lipinski definition) is 0. The van der Waals surface area contributed by atoms with Gasteiger partial charge in [-0.25, -0.2) is 0 Å². The summed E-state index contributed by atoms with van der Waals surface area (Å²) < 4.78 is 16.8. The summed E-state index contributed by atoms with van der Waals surface area (Å²) >= 11 is 0. The first-order chi connectivity index (χ1) is 28.4. The smallest absolute Gasteiger partial charge is 0.306 e. The second-order valence-corrected chi connectivity index (χ2v) is 18.1. The Kier molecular flexibility index (Phi) is 45.2. The van der Waals surface area contributed by atoms with Crippen molar-refractivity contribution in [3.8, 4) is 0 Å². The van der Waals surface area contributed by atoms with Crippen LogP contribution in [-0.2, 0) is 28.6 Å². The lowest BCUT2D eigenvalue weighted by Gasteiger charge is -2.18. The highest BCUT2D eigenvalue weighted by Crippen LogP contribution is 2.17. The number of hydrogen-bond acceptors (Lipinski definition) is 6. The van der Waals surface area contributed by atoms with Gasteiger partial charge in [-0.3, -0.25) is 14.4 Å².